The molecule has 27 heavy (non-hydrogen) atoms. The molecule has 3 rings (SSSR count). The van der Waals surface area contributed by atoms with Crippen molar-refractivity contribution in [2.45, 2.75) is 39.3 Å². The van der Waals surface area contributed by atoms with E-state index >= 15 is 0 Å². The number of nitrogens with zero attached hydrogens (tertiary/aromatic N) is 3. The van der Waals surface area contributed by atoms with Crippen LogP contribution in [0.1, 0.15) is 29.0 Å². The Morgan fingerprint density at radius 3 is 2.59 bits per heavy atom. The molecule has 0 saturated carbocycles. The molecule has 1 atom stereocenters. The Bertz CT molecular complexity index is 783. The lowest BCUT2D eigenvalue weighted by molar-refractivity contribution is -0.142. The van der Waals surface area contributed by atoms with E-state index in [1.54, 1.807) is 4.90 Å². The quantitative estimate of drug-likeness (QED) is 0.830. The summed E-state index contributed by atoms with van der Waals surface area (Å²) in [4.78, 5) is 28.5. The van der Waals surface area contributed by atoms with Crippen LogP contribution in [0.5, 0.6) is 0 Å². The van der Waals surface area contributed by atoms with Crippen LogP contribution in [0, 0.1) is 13.8 Å². The van der Waals surface area contributed by atoms with Crippen LogP contribution in [0.25, 0.3) is 0 Å². The maximum absolute atomic E-state index is 12.7. The number of aryl methyl sites for hydroxylation is 2. The SMILES string of the molecule is Cc1noc(C)c1CCC(=O)N1CCN(Cc2ccccc2)CC1C(N)=O. The van der Waals surface area contributed by atoms with E-state index in [2.05, 4.69) is 22.2 Å². The molecule has 0 spiro atoms. The van der Waals surface area contributed by atoms with Gasteiger partial charge in [-0.3, -0.25) is 14.5 Å². The van der Waals surface area contributed by atoms with Crippen LogP contribution in [0.15, 0.2) is 34.9 Å². The number of rotatable bonds is 6. The summed E-state index contributed by atoms with van der Waals surface area (Å²) < 4.78 is 5.15. The van der Waals surface area contributed by atoms with E-state index in [1.165, 1.54) is 5.56 Å². The summed E-state index contributed by atoms with van der Waals surface area (Å²) in [5.74, 6) is 0.219. The highest BCUT2D eigenvalue weighted by Gasteiger charge is 2.33. The summed E-state index contributed by atoms with van der Waals surface area (Å²) in [7, 11) is 0. The molecule has 0 aliphatic carbocycles. The molecule has 2 aromatic rings. The summed E-state index contributed by atoms with van der Waals surface area (Å²) >= 11 is 0. The fourth-order valence-corrected chi connectivity index (χ4v) is 3.60. The number of amides is 2. The van der Waals surface area contributed by atoms with Gasteiger partial charge < -0.3 is 15.2 Å². The van der Waals surface area contributed by atoms with Crippen LogP contribution in [-0.4, -0.2) is 52.4 Å². The second-order valence-electron chi connectivity index (χ2n) is 7.03. The van der Waals surface area contributed by atoms with Gasteiger partial charge in [-0.25, -0.2) is 0 Å². The summed E-state index contributed by atoms with van der Waals surface area (Å²) in [6.07, 6.45) is 0.862. The third-order valence-corrected chi connectivity index (χ3v) is 5.13. The molecule has 1 aliphatic rings. The monoisotopic (exact) mass is 370 g/mol. The van der Waals surface area contributed by atoms with Gasteiger partial charge in [-0.1, -0.05) is 35.5 Å². The van der Waals surface area contributed by atoms with Crippen LogP contribution in [-0.2, 0) is 22.6 Å². The Labute approximate surface area is 159 Å². The number of hydrogen-bond acceptors (Lipinski definition) is 5. The second-order valence-corrected chi connectivity index (χ2v) is 7.03. The Kier molecular flexibility index (Phi) is 5.91. The van der Waals surface area contributed by atoms with Crippen LogP contribution >= 0.6 is 0 Å². The molecule has 1 aromatic heterocycles. The molecule has 1 unspecified atom stereocenters. The molecule has 2 heterocycles. The summed E-state index contributed by atoms with van der Waals surface area (Å²) in [5.41, 5.74) is 8.55. The molecule has 1 fully saturated rings. The average molecular weight is 370 g/mol. The normalized spacial score (nSPS) is 17.9. The van der Waals surface area contributed by atoms with Gasteiger partial charge in [-0.15, -0.1) is 0 Å². The van der Waals surface area contributed by atoms with Crippen LogP contribution < -0.4 is 5.73 Å². The number of carbonyl (C=O) groups excluding carboxylic acids is 2. The fraction of sp³-hybridized carbons (Fsp3) is 0.450. The van der Waals surface area contributed by atoms with Crippen LogP contribution in [0.4, 0.5) is 0 Å². The van der Waals surface area contributed by atoms with Crippen LogP contribution in [0.3, 0.4) is 0 Å². The van der Waals surface area contributed by atoms with Crippen molar-refractivity contribution < 1.29 is 14.1 Å². The zero-order valence-corrected chi connectivity index (χ0v) is 15.9. The van der Waals surface area contributed by atoms with Crippen molar-refractivity contribution in [1.29, 1.82) is 0 Å². The zero-order valence-electron chi connectivity index (χ0n) is 15.9. The number of hydrogen-bond donors (Lipinski definition) is 1. The zero-order chi connectivity index (χ0) is 19.4. The first kappa shape index (κ1) is 19.1. The minimum atomic E-state index is -0.598. The second kappa shape index (κ2) is 8.35. The third kappa shape index (κ3) is 4.54. The highest BCUT2D eigenvalue weighted by molar-refractivity contribution is 5.87. The van der Waals surface area contributed by atoms with Gasteiger partial charge in [-0.05, 0) is 25.8 Å². The molecular formula is C20H26N4O3. The predicted octanol–water partition coefficient (Wildman–Crippen LogP) is 1.42. The third-order valence-electron chi connectivity index (χ3n) is 5.13. The summed E-state index contributed by atoms with van der Waals surface area (Å²) in [6, 6.07) is 9.48. The average Bonchev–Trinajstić information content (AvgIpc) is 2.98. The first-order valence-electron chi connectivity index (χ1n) is 9.22. The number of aromatic nitrogens is 1. The largest absolute Gasteiger partial charge is 0.368 e. The van der Waals surface area contributed by atoms with Gasteiger partial charge in [0.1, 0.15) is 11.8 Å². The number of primary amides is 1. The van der Waals surface area contributed by atoms with Crippen molar-refractivity contribution >= 4 is 11.8 Å². The Morgan fingerprint density at radius 1 is 1.22 bits per heavy atom. The van der Waals surface area contributed by atoms with Gasteiger partial charge in [0.25, 0.3) is 0 Å². The first-order valence-corrected chi connectivity index (χ1v) is 9.22. The lowest BCUT2D eigenvalue weighted by Gasteiger charge is -2.40. The van der Waals surface area contributed by atoms with Crippen LogP contribution in [0.2, 0.25) is 0 Å². The van der Waals surface area contributed by atoms with Gasteiger partial charge in [-0.2, -0.15) is 0 Å². The number of piperazine rings is 1. The van der Waals surface area contributed by atoms with Gasteiger partial charge >= 0.3 is 0 Å². The van der Waals surface area contributed by atoms with E-state index in [0.29, 0.717) is 25.9 Å². The molecular weight excluding hydrogens is 344 g/mol. The number of nitrogens with two attached hydrogens (primary N) is 1. The number of carbonyl (C=O) groups is 2. The van der Waals surface area contributed by atoms with Crippen molar-refractivity contribution in [3.8, 4) is 0 Å². The lowest BCUT2D eigenvalue weighted by atomic mass is 10.1. The molecule has 7 heteroatoms. The Balaban J connectivity index is 1.61. The van der Waals surface area contributed by atoms with Crippen molar-refractivity contribution in [3.63, 3.8) is 0 Å². The maximum atomic E-state index is 12.7. The first-order chi connectivity index (χ1) is 13.0. The predicted molar refractivity (Wildman–Crippen MR) is 101 cm³/mol. The molecule has 0 bridgehead atoms. The number of benzene rings is 1. The minimum absolute atomic E-state index is 0.0573. The van der Waals surface area contributed by atoms with Crippen molar-refractivity contribution in [2.24, 2.45) is 5.73 Å². The van der Waals surface area contributed by atoms with Gasteiger partial charge in [0.15, 0.2) is 0 Å². The summed E-state index contributed by atoms with van der Waals surface area (Å²) in [5, 5.41) is 3.92. The topological polar surface area (TPSA) is 92.7 Å². The molecule has 1 saturated heterocycles. The van der Waals surface area contributed by atoms with E-state index in [9.17, 15) is 9.59 Å². The van der Waals surface area contributed by atoms with E-state index in [1.807, 2.05) is 32.0 Å². The molecule has 144 valence electrons. The highest BCUT2D eigenvalue weighted by atomic mass is 16.5. The maximum Gasteiger partial charge on any atom is 0.241 e. The van der Waals surface area contributed by atoms with E-state index in [4.69, 9.17) is 10.3 Å². The van der Waals surface area contributed by atoms with Crippen molar-refractivity contribution in [1.82, 2.24) is 15.0 Å². The van der Waals surface area contributed by atoms with E-state index in [0.717, 1.165) is 30.1 Å². The van der Waals surface area contributed by atoms with Gasteiger partial charge in [0.2, 0.25) is 11.8 Å². The molecule has 1 aliphatic heterocycles. The van der Waals surface area contributed by atoms with Gasteiger partial charge in [0, 0.05) is 38.2 Å². The lowest BCUT2D eigenvalue weighted by Crippen LogP contribution is -2.59. The summed E-state index contributed by atoms with van der Waals surface area (Å²) in [6.45, 7) is 6.13. The molecule has 2 amide bonds. The van der Waals surface area contributed by atoms with Crippen molar-refractivity contribution in [3.05, 3.63) is 52.9 Å². The molecule has 0 radical (unpaired) electrons. The molecule has 2 N–H and O–H groups in total. The fourth-order valence-electron chi connectivity index (χ4n) is 3.60. The van der Waals surface area contributed by atoms with E-state index < -0.39 is 11.9 Å². The van der Waals surface area contributed by atoms with Crippen molar-refractivity contribution in [2.75, 3.05) is 19.6 Å². The molecule has 1 aromatic carbocycles. The smallest absolute Gasteiger partial charge is 0.241 e. The minimum Gasteiger partial charge on any atom is -0.368 e. The van der Waals surface area contributed by atoms with Gasteiger partial charge in [0.05, 0.1) is 5.69 Å². The highest BCUT2D eigenvalue weighted by Crippen LogP contribution is 2.18. The van der Waals surface area contributed by atoms with E-state index in [-0.39, 0.29) is 5.91 Å². The molecule has 7 nitrogen and oxygen atoms in total. The standard InChI is InChI=1S/C20H26N4O3/c1-14-17(15(2)27-22-14)8-9-19(25)24-11-10-23(13-18(24)20(21)26)12-16-6-4-3-5-7-16/h3-7,18H,8-13H2,1-2H3,(H2,21,26). The Morgan fingerprint density at radius 2 is 1.96 bits per heavy atom. The Hall–Kier alpha value is -2.67.